The fourth-order valence-corrected chi connectivity index (χ4v) is 4.25. The Bertz CT molecular complexity index is 552. The van der Waals surface area contributed by atoms with Crippen molar-refractivity contribution in [1.82, 2.24) is 10.6 Å². The number of aryl methyl sites for hydroxylation is 1. The standard InChI is InChI=1S/C20H30N2O2.ClH/c1-16-7-3-4-8-18(16)20(9-5-2-6-10-20)15-22-19(23)13-17-14-24-12-11-21-17;/h3-4,7-8,17,21H,2,5-6,9-15H2,1H3,(H,22,23);1H. The van der Waals surface area contributed by atoms with Crippen LogP contribution in [-0.4, -0.2) is 38.3 Å². The summed E-state index contributed by atoms with van der Waals surface area (Å²) in [5, 5.41) is 6.58. The molecule has 0 bridgehead atoms. The Morgan fingerprint density at radius 2 is 2.04 bits per heavy atom. The SMILES string of the molecule is Cc1ccccc1C1(CNC(=O)CC2COCCN2)CCCCC1.Cl. The summed E-state index contributed by atoms with van der Waals surface area (Å²) in [5.74, 6) is 0.136. The van der Waals surface area contributed by atoms with Crippen LogP contribution >= 0.6 is 12.4 Å². The van der Waals surface area contributed by atoms with Crippen LogP contribution < -0.4 is 10.6 Å². The lowest BCUT2D eigenvalue weighted by Gasteiger charge is -2.39. The number of morpholine rings is 1. The predicted octanol–water partition coefficient (Wildman–Crippen LogP) is 3.11. The number of ether oxygens (including phenoxy) is 1. The number of halogens is 1. The third-order valence-corrected chi connectivity index (χ3v) is 5.58. The van der Waals surface area contributed by atoms with Crippen LogP contribution in [0.5, 0.6) is 0 Å². The first kappa shape index (κ1) is 20.2. The van der Waals surface area contributed by atoms with Gasteiger partial charge in [-0.2, -0.15) is 0 Å². The lowest BCUT2D eigenvalue weighted by atomic mass is 9.68. The van der Waals surface area contributed by atoms with Crippen molar-refractivity contribution in [1.29, 1.82) is 0 Å². The molecule has 1 saturated carbocycles. The fourth-order valence-electron chi connectivity index (χ4n) is 4.25. The molecule has 0 aromatic heterocycles. The second kappa shape index (κ2) is 9.56. The molecule has 1 amide bonds. The van der Waals surface area contributed by atoms with Crippen LogP contribution in [0.2, 0.25) is 0 Å². The molecule has 140 valence electrons. The van der Waals surface area contributed by atoms with Crippen molar-refractivity contribution >= 4 is 18.3 Å². The molecular formula is C20H31ClN2O2. The Balaban J connectivity index is 0.00000225. The summed E-state index contributed by atoms with van der Waals surface area (Å²) in [6, 6.07) is 8.83. The topological polar surface area (TPSA) is 50.4 Å². The van der Waals surface area contributed by atoms with Gasteiger partial charge in [0.05, 0.1) is 13.2 Å². The molecule has 25 heavy (non-hydrogen) atoms. The molecule has 0 radical (unpaired) electrons. The van der Waals surface area contributed by atoms with E-state index in [0.29, 0.717) is 13.0 Å². The molecule has 1 saturated heterocycles. The summed E-state index contributed by atoms with van der Waals surface area (Å²) in [6.07, 6.45) is 6.66. The van der Waals surface area contributed by atoms with Gasteiger partial charge in [0.2, 0.25) is 5.91 Å². The molecule has 1 aromatic carbocycles. The second-order valence-corrected chi connectivity index (χ2v) is 7.36. The Kier molecular flexibility index (Phi) is 7.73. The van der Waals surface area contributed by atoms with E-state index in [1.54, 1.807) is 0 Å². The molecule has 4 nitrogen and oxygen atoms in total. The van der Waals surface area contributed by atoms with Gasteiger partial charge in [-0.25, -0.2) is 0 Å². The van der Waals surface area contributed by atoms with Crippen LogP contribution in [0, 0.1) is 6.92 Å². The summed E-state index contributed by atoms with van der Waals surface area (Å²) in [6.45, 7) is 5.16. The van der Waals surface area contributed by atoms with E-state index in [1.165, 1.54) is 43.2 Å². The van der Waals surface area contributed by atoms with Gasteiger partial charge in [0.15, 0.2) is 0 Å². The van der Waals surface area contributed by atoms with Crippen LogP contribution in [0.4, 0.5) is 0 Å². The molecule has 1 heterocycles. The average molecular weight is 367 g/mol. The summed E-state index contributed by atoms with van der Waals surface area (Å²) in [5.41, 5.74) is 2.87. The monoisotopic (exact) mass is 366 g/mol. The van der Waals surface area contributed by atoms with Crippen molar-refractivity contribution in [3.05, 3.63) is 35.4 Å². The molecule has 2 aliphatic rings. The van der Waals surface area contributed by atoms with Gasteiger partial charge < -0.3 is 15.4 Å². The summed E-state index contributed by atoms with van der Waals surface area (Å²) in [7, 11) is 0. The number of hydrogen-bond acceptors (Lipinski definition) is 3. The third kappa shape index (κ3) is 5.19. The zero-order valence-corrected chi connectivity index (χ0v) is 16.0. The lowest BCUT2D eigenvalue weighted by Crippen LogP contribution is -2.47. The Morgan fingerprint density at radius 3 is 2.72 bits per heavy atom. The van der Waals surface area contributed by atoms with Crippen molar-refractivity contribution in [2.45, 2.75) is 56.9 Å². The second-order valence-electron chi connectivity index (χ2n) is 7.36. The van der Waals surface area contributed by atoms with Gasteiger partial charge >= 0.3 is 0 Å². The van der Waals surface area contributed by atoms with Gasteiger partial charge in [0, 0.05) is 31.0 Å². The Labute approximate surface area is 157 Å². The predicted molar refractivity (Wildman–Crippen MR) is 103 cm³/mol. The number of rotatable bonds is 5. The summed E-state index contributed by atoms with van der Waals surface area (Å²) in [4.78, 5) is 12.4. The van der Waals surface area contributed by atoms with Crippen LogP contribution in [0.1, 0.15) is 49.7 Å². The summed E-state index contributed by atoms with van der Waals surface area (Å²) < 4.78 is 5.44. The molecular weight excluding hydrogens is 336 g/mol. The highest BCUT2D eigenvalue weighted by atomic mass is 35.5. The van der Waals surface area contributed by atoms with E-state index in [9.17, 15) is 4.79 Å². The Morgan fingerprint density at radius 1 is 1.28 bits per heavy atom. The molecule has 1 atom stereocenters. The van der Waals surface area contributed by atoms with Crippen LogP contribution in [0.15, 0.2) is 24.3 Å². The van der Waals surface area contributed by atoms with Gasteiger partial charge in [0.25, 0.3) is 0 Å². The highest BCUT2D eigenvalue weighted by Gasteiger charge is 2.35. The number of amides is 1. The summed E-state index contributed by atoms with van der Waals surface area (Å²) >= 11 is 0. The first-order valence-corrected chi connectivity index (χ1v) is 9.34. The smallest absolute Gasteiger partial charge is 0.221 e. The van der Waals surface area contributed by atoms with E-state index in [4.69, 9.17) is 4.74 Å². The van der Waals surface area contributed by atoms with Crippen LogP contribution in [0.25, 0.3) is 0 Å². The first-order valence-electron chi connectivity index (χ1n) is 9.34. The maximum atomic E-state index is 12.4. The van der Waals surface area contributed by atoms with Gasteiger partial charge in [-0.1, -0.05) is 43.5 Å². The Hall–Kier alpha value is -1.10. The van der Waals surface area contributed by atoms with E-state index < -0.39 is 0 Å². The maximum absolute atomic E-state index is 12.4. The largest absolute Gasteiger partial charge is 0.378 e. The number of hydrogen-bond donors (Lipinski definition) is 2. The van der Waals surface area contributed by atoms with E-state index in [2.05, 4.69) is 41.8 Å². The molecule has 5 heteroatoms. The van der Waals surface area contributed by atoms with Crippen molar-refractivity contribution in [2.24, 2.45) is 0 Å². The van der Waals surface area contributed by atoms with Crippen molar-refractivity contribution in [3.63, 3.8) is 0 Å². The zero-order valence-electron chi connectivity index (χ0n) is 15.2. The quantitative estimate of drug-likeness (QED) is 0.841. The zero-order chi connectivity index (χ0) is 16.8. The van der Waals surface area contributed by atoms with Gasteiger partial charge in [-0.05, 0) is 30.9 Å². The highest BCUT2D eigenvalue weighted by Crippen LogP contribution is 2.40. The van der Waals surface area contributed by atoms with Crippen LogP contribution in [0.3, 0.4) is 0 Å². The fraction of sp³-hybridized carbons (Fsp3) is 0.650. The number of nitrogens with one attached hydrogen (secondary N) is 2. The van der Waals surface area contributed by atoms with E-state index in [-0.39, 0.29) is 29.8 Å². The van der Waals surface area contributed by atoms with Crippen molar-refractivity contribution < 1.29 is 9.53 Å². The number of carbonyl (C=O) groups excluding carboxylic acids is 1. The molecule has 1 unspecified atom stereocenters. The van der Waals surface area contributed by atoms with Crippen molar-refractivity contribution in [2.75, 3.05) is 26.3 Å². The highest BCUT2D eigenvalue weighted by molar-refractivity contribution is 5.85. The van der Waals surface area contributed by atoms with E-state index in [0.717, 1.165) is 19.7 Å². The first-order chi connectivity index (χ1) is 11.7. The van der Waals surface area contributed by atoms with Crippen molar-refractivity contribution in [3.8, 4) is 0 Å². The molecule has 1 aliphatic heterocycles. The molecule has 0 spiro atoms. The normalized spacial score (nSPS) is 22.7. The minimum Gasteiger partial charge on any atom is -0.378 e. The maximum Gasteiger partial charge on any atom is 0.221 e. The van der Waals surface area contributed by atoms with E-state index in [1.807, 2.05) is 0 Å². The van der Waals surface area contributed by atoms with Gasteiger partial charge in [0.1, 0.15) is 0 Å². The molecule has 3 rings (SSSR count). The minimum atomic E-state index is 0. The van der Waals surface area contributed by atoms with E-state index >= 15 is 0 Å². The lowest BCUT2D eigenvalue weighted by molar-refractivity contribution is -0.122. The molecule has 1 aromatic rings. The average Bonchev–Trinajstić information content (AvgIpc) is 2.62. The molecule has 1 aliphatic carbocycles. The third-order valence-electron chi connectivity index (χ3n) is 5.58. The number of carbonyl (C=O) groups is 1. The minimum absolute atomic E-state index is 0. The van der Waals surface area contributed by atoms with Crippen LogP contribution in [-0.2, 0) is 14.9 Å². The van der Waals surface area contributed by atoms with Gasteiger partial charge in [-0.15, -0.1) is 12.4 Å². The number of benzene rings is 1. The molecule has 2 fully saturated rings. The molecule has 2 N–H and O–H groups in total. The van der Waals surface area contributed by atoms with Gasteiger partial charge in [-0.3, -0.25) is 4.79 Å².